The number of nitrogens with two attached hydrogens (primary N) is 1. The van der Waals surface area contributed by atoms with Crippen LogP contribution < -0.4 is 11.1 Å². The van der Waals surface area contributed by atoms with Gasteiger partial charge in [-0.05, 0) is 11.5 Å². The van der Waals surface area contributed by atoms with E-state index in [1.807, 2.05) is 20.8 Å². The molecule has 7 nitrogen and oxygen atoms in total. The second-order valence-electron chi connectivity index (χ2n) is 4.83. The first kappa shape index (κ1) is 14.5. The summed E-state index contributed by atoms with van der Waals surface area (Å²) in [5.41, 5.74) is 5.16. The molecule has 18 heavy (non-hydrogen) atoms. The number of carbonyl (C=O) groups excluding carboxylic acids is 2. The van der Waals surface area contributed by atoms with Crippen molar-refractivity contribution in [2.75, 3.05) is 6.54 Å². The van der Waals surface area contributed by atoms with Crippen LogP contribution in [-0.4, -0.2) is 39.2 Å². The Labute approximate surface area is 109 Å². The Kier molecular flexibility index (Phi) is 4.36. The van der Waals surface area contributed by atoms with Crippen LogP contribution in [0.4, 0.5) is 0 Å². The minimum atomic E-state index is -1.40. The van der Waals surface area contributed by atoms with E-state index in [0.29, 0.717) is 10.6 Å². The van der Waals surface area contributed by atoms with Gasteiger partial charge in [0, 0.05) is 5.41 Å². The maximum Gasteiger partial charge on any atom is 0.265 e. The first-order valence-electron chi connectivity index (χ1n) is 5.32. The summed E-state index contributed by atoms with van der Waals surface area (Å²) in [6, 6.07) is 0. The van der Waals surface area contributed by atoms with Crippen molar-refractivity contribution in [3.05, 3.63) is 10.6 Å². The number of hydrogen-bond acceptors (Lipinski definition) is 6. The van der Waals surface area contributed by atoms with E-state index in [0.717, 1.165) is 11.5 Å². The molecule has 0 aliphatic carbocycles. The van der Waals surface area contributed by atoms with Gasteiger partial charge in [-0.1, -0.05) is 25.3 Å². The van der Waals surface area contributed by atoms with E-state index >= 15 is 0 Å². The van der Waals surface area contributed by atoms with Gasteiger partial charge in [0.2, 0.25) is 5.91 Å². The number of hydrogen-bond donors (Lipinski definition) is 3. The normalized spacial score (nSPS) is 13.1. The summed E-state index contributed by atoms with van der Waals surface area (Å²) in [6.45, 7) is 5.52. The van der Waals surface area contributed by atoms with Crippen molar-refractivity contribution in [2.45, 2.75) is 32.3 Å². The average Bonchev–Trinajstić information content (AvgIpc) is 2.73. The van der Waals surface area contributed by atoms with Crippen molar-refractivity contribution < 1.29 is 14.7 Å². The number of amides is 2. The molecule has 0 radical (unpaired) electrons. The van der Waals surface area contributed by atoms with Crippen LogP contribution in [0.3, 0.4) is 0 Å². The minimum absolute atomic E-state index is 0.227. The highest BCUT2D eigenvalue weighted by molar-refractivity contribution is 7.08. The number of aliphatic hydroxyl groups excluding tert-OH is 1. The molecule has 8 heteroatoms. The molecule has 1 aromatic rings. The number of aliphatic hydroxyl groups is 1. The lowest BCUT2D eigenvalue weighted by Gasteiger charge is -2.16. The molecule has 0 aliphatic heterocycles. The molecule has 0 spiro atoms. The summed E-state index contributed by atoms with van der Waals surface area (Å²) in [5.74, 6) is -1.30. The molecule has 0 aromatic carbocycles. The predicted molar refractivity (Wildman–Crippen MR) is 66.1 cm³/mol. The fourth-order valence-electron chi connectivity index (χ4n) is 1.20. The lowest BCUT2D eigenvalue weighted by molar-refractivity contribution is -0.125. The Morgan fingerprint density at radius 2 is 2.11 bits per heavy atom. The second kappa shape index (κ2) is 5.40. The molecule has 1 atom stereocenters. The SMILES string of the molecule is CC(C)(C)c1nnsc1C(=O)NCC(O)C(N)=O. The number of nitrogens with one attached hydrogen (secondary N) is 1. The van der Waals surface area contributed by atoms with Crippen LogP contribution in [0.1, 0.15) is 36.1 Å². The van der Waals surface area contributed by atoms with Crippen molar-refractivity contribution in [3.63, 3.8) is 0 Å². The van der Waals surface area contributed by atoms with Crippen LogP contribution in [0.15, 0.2) is 0 Å². The fraction of sp³-hybridized carbons (Fsp3) is 0.600. The minimum Gasteiger partial charge on any atom is -0.381 e. The lowest BCUT2D eigenvalue weighted by atomic mass is 9.91. The van der Waals surface area contributed by atoms with Gasteiger partial charge in [-0.2, -0.15) is 0 Å². The summed E-state index contributed by atoms with van der Waals surface area (Å²) in [7, 11) is 0. The highest BCUT2D eigenvalue weighted by atomic mass is 32.1. The van der Waals surface area contributed by atoms with Gasteiger partial charge in [0.05, 0.1) is 12.2 Å². The maximum atomic E-state index is 11.9. The van der Waals surface area contributed by atoms with E-state index < -0.39 is 17.9 Å². The third-order valence-corrected chi connectivity index (χ3v) is 2.91. The smallest absolute Gasteiger partial charge is 0.265 e. The number of primary amides is 1. The predicted octanol–water partition coefficient (Wildman–Crippen LogP) is -0.588. The second-order valence-corrected chi connectivity index (χ2v) is 5.58. The van der Waals surface area contributed by atoms with Gasteiger partial charge in [0.15, 0.2) is 0 Å². The van der Waals surface area contributed by atoms with Crippen LogP contribution >= 0.6 is 11.5 Å². The molecule has 1 heterocycles. The Morgan fingerprint density at radius 1 is 1.50 bits per heavy atom. The molecule has 1 aromatic heterocycles. The Balaban J connectivity index is 2.74. The van der Waals surface area contributed by atoms with Crippen LogP contribution in [-0.2, 0) is 10.2 Å². The molecule has 1 rings (SSSR count). The molecule has 1 unspecified atom stereocenters. The van der Waals surface area contributed by atoms with Crippen molar-refractivity contribution in [2.24, 2.45) is 5.73 Å². The third-order valence-electron chi connectivity index (χ3n) is 2.19. The van der Waals surface area contributed by atoms with Crippen LogP contribution in [0.2, 0.25) is 0 Å². The highest BCUT2D eigenvalue weighted by Gasteiger charge is 2.26. The van der Waals surface area contributed by atoms with Gasteiger partial charge in [0.1, 0.15) is 11.0 Å². The number of nitrogens with zero attached hydrogens (tertiary/aromatic N) is 2. The van der Waals surface area contributed by atoms with Gasteiger partial charge < -0.3 is 16.2 Å². The fourth-order valence-corrected chi connectivity index (χ4v) is 1.99. The molecule has 4 N–H and O–H groups in total. The third kappa shape index (κ3) is 3.47. The number of aromatic nitrogens is 2. The van der Waals surface area contributed by atoms with Gasteiger partial charge in [-0.3, -0.25) is 9.59 Å². The number of rotatable bonds is 4. The van der Waals surface area contributed by atoms with E-state index in [1.165, 1.54) is 0 Å². The van der Waals surface area contributed by atoms with Crippen molar-refractivity contribution in [1.29, 1.82) is 0 Å². The number of carbonyl (C=O) groups is 2. The molecule has 0 bridgehead atoms. The van der Waals surface area contributed by atoms with Gasteiger partial charge >= 0.3 is 0 Å². The molecule has 0 saturated heterocycles. The largest absolute Gasteiger partial charge is 0.381 e. The Bertz CT molecular complexity index is 452. The summed E-state index contributed by atoms with van der Waals surface area (Å²) in [4.78, 5) is 22.9. The van der Waals surface area contributed by atoms with E-state index in [-0.39, 0.29) is 12.0 Å². The van der Waals surface area contributed by atoms with Crippen molar-refractivity contribution in [3.8, 4) is 0 Å². The molecule has 0 fully saturated rings. The monoisotopic (exact) mass is 272 g/mol. The van der Waals surface area contributed by atoms with Gasteiger partial charge in [-0.15, -0.1) is 5.10 Å². The van der Waals surface area contributed by atoms with E-state index in [4.69, 9.17) is 5.73 Å². The summed E-state index contributed by atoms with van der Waals surface area (Å²) < 4.78 is 3.75. The van der Waals surface area contributed by atoms with Crippen molar-refractivity contribution >= 4 is 23.3 Å². The molecular weight excluding hydrogens is 256 g/mol. The summed E-state index contributed by atoms with van der Waals surface area (Å²) >= 11 is 0.974. The highest BCUT2D eigenvalue weighted by Crippen LogP contribution is 2.25. The van der Waals surface area contributed by atoms with E-state index in [9.17, 15) is 14.7 Å². The quantitative estimate of drug-likeness (QED) is 0.677. The van der Waals surface area contributed by atoms with E-state index in [1.54, 1.807) is 0 Å². The molecule has 0 saturated carbocycles. The lowest BCUT2D eigenvalue weighted by Crippen LogP contribution is -2.40. The van der Waals surface area contributed by atoms with Crippen LogP contribution in [0.5, 0.6) is 0 Å². The molecule has 0 aliphatic rings. The molecular formula is C10H16N4O3S. The zero-order valence-electron chi connectivity index (χ0n) is 10.4. The summed E-state index contributed by atoms with van der Waals surface area (Å²) in [5, 5.41) is 15.5. The van der Waals surface area contributed by atoms with Gasteiger partial charge in [0.25, 0.3) is 5.91 Å². The Hall–Kier alpha value is -1.54. The first-order valence-corrected chi connectivity index (χ1v) is 6.09. The standard InChI is InChI=1S/C10H16N4O3S/c1-10(2,3)7-6(18-14-13-7)9(17)12-4-5(15)8(11)16/h5,15H,4H2,1-3H3,(H2,11,16)(H,12,17). The molecule has 100 valence electrons. The summed E-state index contributed by atoms with van der Waals surface area (Å²) in [6.07, 6.45) is -1.40. The zero-order chi connectivity index (χ0) is 13.9. The zero-order valence-corrected chi connectivity index (χ0v) is 11.2. The molecule has 2 amide bonds. The first-order chi connectivity index (χ1) is 8.23. The van der Waals surface area contributed by atoms with Crippen LogP contribution in [0.25, 0.3) is 0 Å². The maximum absolute atomic E-state index is 11.9. The van der Waals surface area contributed by atoms with Gasteiger partial charge in [-0.25, -0.2) is 0 Å². The Morgan fingerprint density at radius 3 is 2.61 bits per heavy atom. The van der Waals surface area contributed by atoms with Crippen molar-refractivity contribution in [1.82, 2.24) is 14.9 Å². The average molecular weight is 272 g/mol. The van der Waals surface area contributed by atoms with E-state index in [2.05, 4.69) is 14.9 Å². The topological polar surface area (TPSA) is 118 Å². The van der Waals surface area contributed by atoms with Crippen LogP contribution in [0, 0.1) is 0 Å².